The zero-order valence-corrected chi connectivity index (χ0v) is 17.9. The quantitative estimate of drug-likeness (QED) is 0.284. The SMILES string of the molecule is CO/N=C(/C(=O)OC)c1cccc(C)c1CO/N=C(\C)C#Cc1cccc(C(F)(F)F)c1. The van der Waals surface area contributed by atoms with Gasteiger partial charge < -0.3 is 14.4 Å². The van der Waals surface area contributed by atoms with Crippen molar-refractivity contribution in [2.45, 2.75) is 26.6 Å². The van der Waals surface area contributed by atoms with Crippen LogP contribution in [0.4, 0.5) is 13.2 Å². The minimum Gasteiger partial charge on any atom is -0.464 e. The fourth-order valence-corrected chi connectivity index (χ4v) is 2.65. The average Bonchev–Trinajstić information content (AvgIpc) is 2.76. The second kappa shape index (κ2) is 11.0. The molecule has 2 aromatic rings. The van der Waals surface area contributed by atoms with Crippen LogP contribution in [-0.4, -0.2) is 31.6 Å². The predicted molar refractivity (Wildman–Crippen MR) is 113 cm³/mol. The smallest absolute Gasteiger partial charge is 0.416 e. The summed E-state index contributed by atoms with van der Waals surface area (Å²) in [4.78, 5) is 22.2. The number of hydrogen-bond donors (Lipinski definition) is 0. The molecule has 0 amide bonds. The van der Waals surface area contributed by atoms with E-state index in [4.69, 9.17) is 14.4 Å². The summed E-state index contributed by atoms with van der Waals surface area (Å²) in [7, 11) is 2.54. The monoisotopic (exact) mass is 446 g/mol. The first kappa shape index (κ1) is 24.5. The van der Waals surface area contributed by atoms with Gasteiger partial charge in [0.15, 0.2) is 5.71 Å². The maximum absolute atomic E-state index is 12.8. The number of carbonyl (C=O) groups is 1. The molecule has 2 aromatic carbocycles. The Morgan fingerprint density at radius 3 is 2.47 bits per heavy atom. The van der Waals surface area contributed by atoms with E-state index in [1.54, 1.807) is 19.1 Å². The first-order valence-corrected chi connectivity index (χ1v) is 9.31. The highest BCUT2D eigenvalue weighted by Crippen LogP contribution is 2.29. The Kier molecular flexibility index (Phi) is 8.41. The number of hydrogen-bond acceptors (Lipinski definition) is 6. The van der Waals surface area contributed by atoms with Crippen LogP contribution in [-0.2, 0) is 32.0 Å². The van der Waals surface area contributed by atoms with Gasteiger partial charge in [0.1, 0.15) is 19.4 Å². The fourth-order valence-electron chi connectivity index (χ4n) is 2.65. The van der Waals surface area contributed by atoms with Crippen molar-refractivity contribution in [2.75, 3.05) is 14.2 Å². The molecule has 0 spiro atoms. The highest BCUT2D eigenvalue weighted by atomic mass is 19.4. The van der Waals surface area contributed by atoms with Gasteiger partial charge in [0.25, 0.3) is 0 Å². The van der Waals surface area contributed by atoms with Gasteiger partial charge >= 0.3 is 12.1 Å². The van der Waals surface area contributed by atoms with Crippen molar-refractivity contribution in [1.29, 1.82) is 0 Å². The van der Waals surface area contributed by atoms with Gasteiger partial charge in [0, 0.05) is 16.7 Å². The number of oxime groups is 2. The fraction of sp³-hybridized carbons (Fsp3) is 0.261. The van der Waals surface area contributed by atoms with Crippen LogP contribution < -0.4 is 0 Å². The summed E-state index contributed by atoms with van der Waals surface area (Å²) < 4.78 is 43.2. The van der Waals surface area contributed by atoms with Crippen LogP contribution in [0.3, 0.4) is 0 Å². The van der Waals surface area contributed by atoms with E-state index in [0.717, 1.165) is 17.7 Å². The van der Waals surface area contributed by atoms with Crippen LogP contribution in [0.1, 0.15) is 34.7 Å². The van der Waals surface area contributed by atoms with E-state index in [1.807, 2.05) is 13.0 Å². The summed E-state index contributed by atoms with van der Waals surface area (Å²) in [6.45, 7) is 3.38. The number of nitrogens with zero attached hydrogens (tertiary/aromatic N) is 2. The van der Waals surface area contributed by atoms with Crippen LogP contribution in [0, 0.1) is 18.8 Å². The van der Waals surface area contributed by atoms with Gasteiger partial charge in [-0.1, -0.05) is 40.5 Å². The number of halogens is 3. The van der Waals surface area contributed by atoms with E-state index in [9.17, 15) is 18.0 Å². The first-order valence-electron chi connectivity index (χ1n) is 9.31. The molecule has 0 aromatic heterocycles. The number of alkyl halides is 3. The third-order valence-corrected chi connectivity index (χ3v) is 4.21. The first-order chi connectivity index (χ1) is 15.2. The van der Waals surface area contributed by atoms with Crippen molar-refractivity contribution in [3.05, 3.63) is 70.3 Å². The van der Waals surface area contributed by atoms with Gasteiger partial charge in [-0.15, -0.1) is 0 Å². The van der Waals surface area contributed by atoms with Gasteiger partial charge in [-0.25, -0.2) is 4.79 Å². The van der Waals surface area contributed by atoms with E-state index in [1.165, 1.54) is 26.4 Å². The largest absolute Gasteiger partial charge is 0.464 e. The average molecular weight is 446 g/mol. The molecule has 0 N–H and O–H groups in total. The number of aryl methyl sites for hydroxylation is 1. The van der Waals surface area contributed by atoms with E-state index in [0.29, 0.717) is 11.1 Å². The minimum absolute atomic E-state index is 0.00961. The normalized spacial score (nSPS) is 12.0. The third kappa shape index (κ3) is 6.60. The van der Waals surface area contributed by atoms with Gasteiger partial charge in [-0.3, -0.25) is 0 Å². The lowest BCUT2D eigenvalue weighted by Crippen LogP contribution is -2.20. The molecule has 6 nitrogen and oxygen atoms in total. The summed E-state index contributed by atoms with van der Waals surface area (Å²) >= 11 is 0. The third-order valence-electron chi connectivity index (χ3n) is 4.21. The van der Waals surface area contributed by atoms with Crippen LogP contribution in [0.15, 0.2) is 52.8 Å². The lowest BCUT2D eigenvalue weighted by molar-refractivity contribution is -0.137. The zero-order chi connectivity index (χ0) is 23.7. The molecule has 0 aliphatic heterocycles. The molecule has 0 aliphatic carbocycles. The Labute approximate surface area is 183 Å². The van der Waals surface area contributed by atoms with Crippen LogP contribution in [0.5, 0.6) is 0 Å². The van der Waals surface area contributed by atoms with Gasteiger partial charge in [0.2, 0.25) is 0 Å². The molecule has 2 rings (SSSR count). The molecule has 0 radical (unpaired) electrons. The van der Waals surface area contributed by atoms with Crippen LogP contribution in [0.25, 0.3) is 0 Å². The summed E-state index contributed by atoms with van der Waals surface area (Å²) in [5.41, 5.74) is 1.57. The Hall–Kier alpha value is -3.80. The Bertz CT molecular complexity index is 1100. The molecule has 0 bridgehead atoms. The maximum Gasteiger partial charge on any atom is 0.416 e. The molecule has 0 saturated carbocycles. The van der Waals surface area contributed by atoms with E-state index >= 15 is 0 Å². The van der Waals surface area contributed by atoms with E-state index in [-0.39, 0.29) is 23.6 Å². The molecule has 9 heteroatoms. The number of rotatable bonds is 6. The number of ether oxygens (including phenoxy) is 1. The molecule has 0 fully saturated rings. The standard InChI is InChI=1S/C23H21F3N2O4/c1-15-7-5-10-19(21(28-31-4)22(29)30-3)20(15)14-32-27-16(2)11-12-17-8-6-9-18(13-17)23(24,25)26/h5-10,13H,14H2,1-4H3/b27-16+,28-21+. The number of methoxy groups -OCH3 is 1. The summed E-state index contributed by atoms with van der Waals surface area (Å²) in [5.74, 6) is 4.61. The second-order valence-electron chi connectivity index (χ2n) is 6.49. The number of benzene rings is 2. The van der Waals surface area contributed by atoms with Crippen LogP contribution in [0.2, 0.25) is 0 Å². The highest BCUT2D eigenvalue weighted by Gasteiger charge is 2.30. The maximum atomic E-state index is 12.8. The highest BCUT2D eigenvalue weighted by molar-refractivity contribution is 6.43. The van der Waals surface area contributed by atoms with Crippen molar-refractivity contribution in [3.8, 4) is 11.8 Å². The molecule has 168 valence electrons. The van der Waals surface area contributed by atoms with Crippen molar-refractivity contribution in [2.24, 2.45) is 10.3 Å². The topological polar surface area (TPSA) is 69.5 Å². The molecule has 0 unspecified atom stereocenters. The lowest BCUT2D eigenvalue weighted by atomic mass is 9.99. The number of carbonyl (C=O) groups excluding carboxylic acids is 1. The molecule has 0 heterocycles. The summed E-state index contributed by atoms with van der Waals surface area (Å²) in [6.07, 6.45) is -4.44. The zero-order valence-electron chi connectivity index (χ0n) is 17.9. The van der Waals surface area contributed by atoms with Gasteiger partial charge in [0.05, 0.1) is 12.7 Å². The second-order valence-corrected chi connectivity index (χ2v) is 6.49. The predicted octanol–water partition coefficient (Wildman–Crippen LogP) is 4.48. The molecular formula is C23H21F3N2O4. The summed E-state index contributed by atoms with van der Waals surface area (Å²) in [5, 5.41) is 7.64. The number of esters is 1. The lowest BCUT2D eigenvalue weighted by Gasteiger charge is -2.12. The van der Waals surface area contributed by atoms with Crippen molar-refractivity contribution >= 4 is 17.4 Å². The Morgan fingerprint density at radius 1 is 1.09 bits per heavy atom. The van der Waals surface area contributed by atoms with E-state index < -0.39 is 17.7 Å². The molecule has 0 atom stereocenters. The van der Waals surface area contributed by atoms with Crippen LogP contribution >= 0.6 is 0 Å². The molecule has 0 aliphatic rings. The van der Waals surface area contributed by atoms with Crippen molar-refractivity contribution in [1.82, 2.24) is 0 Å². The summed E-state index contributed by atoms with van der Waals surface area (Å²) in [6, 6.07) is 9.94. The Morgan fingerprint density at radius 2 is 1.81 bits per heavy atom. The van der Waals surface area contributed by atoms with Gasteiger partial charge in [-0.2, -0.15) is 13.2 Å². The Balaban J connectivity index is 2.20. The molecule has 32 heavy (non-hydrogen) atoms. The van der Waals surface area contributed by atoms with Crippen molar-refractivity contribution < 1.29 is 32.4 Å². The van der Waals surface area contributed by atoms with E-state index in [2.05, 4.69) is 22.2 Å². The molecule has 0 saturated heterocycles. The van der Waals surface area contributed by atoms with Gasteiger partial charge in [-0.05, 0) is 43.5 Å². The van der Waals surface area contributed by atoms with Crippen molar-refractivity contribution in [3.63, 3.8) is 0 Å². The molecular weight excluding hydrogens is 425 g/mol. The minimum atomic E-state index is -4.44.